The molecule has 31 heavy (non-hydrogen) atoms. The Kier molecular flexibility index (Phi) is 5.44. The minimum atomic E-state index is -0.344. The standard InChI is InChI=1S/C23H27N5O3/c29-22(26-17-8-9-18-20(11-17)25-14-24-18)21-12-19(27-31-21)16-7-4-10-28(13-16)23(30)15-5-2-1-3-6-15/h8-9,11-12,14-16H,1-7,10,13H2,(H,24,25)(H,26,29). The minimum absolute atomic E-state index is 0.105. The van der Waals surface area contributed by atoms with E-state index in [2.05, 4.69) is 20.4 Å². The van der Waals surface area contributed by atoms with Crippen LogP contribution < -0.4 is 5.32 Å². The van der Waals surface area contributed by atoms with Gasteiger partial charge in [-0.05, 0) is 43.9 Å². The lowest BCUT2D eigenvalue weighted by Crippen LogP contribution is -2.42. The number of fused-ring (bicyclic) bond motifs is 1. The molecule has 1 aliphatic carbocycles. The molecule has 1 aromatic carbocycles. The smallest absolute Gasteiger partial charge is 0.294 e. The van der Waals surface area contributed by atoms with Gasteiger partial charge in [0.15, 0.2) is 0 Å². The zero-order chi connectivity index (χ0) is 21.2. The molecule has 1 atom stereocenters. The number of hydrogen-bond donors (Lipinski definition) is 2. The number of carbonyl (C=O) groups is 2. The lowest BCUT2D eigenvalue weighted by Gasteiger charge is -2.35. The zero-order valence-electron chi connectivity index (χ0n) is 17.5. The van der Waals surface area contributed by atoms with Crippen molar-refractivity contribution in [1.29, 1.82) is 0 Å². The van der Waals surface area contributed by atoms with Gasteiger partial charge in [-0.15, -0.1) is 0 Å². The number of carbonyl (C=O) groups excluding carboxylic acids is 2. The molecule has 162 valence electrons. The highest BCUT2D eigenvalue weighted by Gasteiger charge is 2.31. The number of amides is 2. The topological polar surface area (TPSA) is 104 Å². The van der Waals surface area contributed by atoms with Crippen LogP contribution in [0, 0.1) is 5.92 Å². The highest BCUT2D eigenvalue weighted by atomic mass is 16.5. The molecule has 1 saturated carbocycles. The van der Waals surface area contributed by atoms with E-state index in [-0.39, 0.29) is 23.5 Å². The molecule has 2 aliphatic rings. The van der Waals surface area contributed by atoms with Gasteiger partial charge in [0, 0.05) is 36.7 Å². The third-order valence-corrected chi connectivity index (χ3v) is 6.54. The number of aromatic amines is 1. The highest BCUT2D eigenvalue weighted by molar-refractivity contribution is 6.03. The zero-order valence-corrected chi connectivity index (χ0v) is 17.5. The number of likely N-dealkylation sites (tertiary alicyclic amines) is 1. The summed E-state index contributed by atoms with van der Waals surface area (Å²) in [6.07, 6.45) is 9.08. The molecule has 0 radical (unpaired) electrons. The summed E-state index contributed by atoms with van der Waals surface area (Å²) in [7, 11) is 0. The number of hydrogen-bond acceptors (Lipinski definition) is 5. The third-order valence-electron chi connectivity index (χ3n) is 6.54. The SMILES string of the molecule is O=C(Nc1ccc2nc[nH]c2c1)c1cc(C2CCCN(C(=O)C3CCCCC3)C2)no1. The highest BCUT2D eigenvalue weighted by Crippen LogP contribution is 2.31. The number of imidazole rings is 1. The number of aromatic nitrogens is 3. The van der Waals surface area contributed by atoms with Crippen molar-refractivity contribution in [3.63, 3.8) is 0 Å². The van der Waals surface area contributed by atoms with Gasteiger partial charge >= 0.3 is 0 Å². The average molecular weight is 422 g/mol. The van der Waals surface area contributed by atoms with E-state index in [1.165, 1.54) is 6.42 Å². The summed E-state index contributed by atoms with van der Waals surface area (Å²) >= 11 is 0. The number of nitrogens with one attached hydrogen (secondary N) is 2. The Morgan fingerprint density at radius 1 is 1.10 bits per heavy atom. The predicted molar refractivity (Wildman–Crippen MR) is 116 cm³/mol. The van der Waals surface area contributed by atoms with E-state index in [0.717, 1.165) is 61.8 Å². The molecule has 2 N–H and O–H groups in total. The van der Waals surface area contributed by atoms with Crippen molar-refractivity contribution in [2.24, 2.45) is 5.92 Å². The van der Waals surface area contributed by atoms with Gasteiger partial charge in [0.25, 0.3) is 5.91 Å². The van der Waals surface area contributed by atoms with Gasteiger partial charge < -0.3 is 19.7 Å². The fraction of sp³-hybridized carbons (Fsp3) is 0.478. The van der Waals surface area contributed by atoms with Crippen LogP contribution in [0.3, 0.4) is 0 Å². The van der Waals surface area contributed by atoms with Crippen LogP contribution in [0.5, 0.6) is 0 Å². The van der Waals surface area contributed by atoms with Crippen LogP contribution in [0.15, 0.2) is 35.1 Å². The third kappa shape index (κ3) is 4.19. The average Bonchev–Trinajstić information content (AvgIpc) is 3.49. The first-order valence-electron chi connectivity index (χ1n) is 11.2. The van der Waals surface area contributed by atoms with Crippen molar-refractivity contribution >= 4 is 28.5 Å². The molecule has 1 saturated heterocycles. The second kappa shape index (κ2) is 8.53. The fourth-order valence-corrected chi connectivity index (χ4v) is 4.82. The molecule has 8 nitrogen and oxygen atoms in total. The summed E-state index contributed by atoms with van der Waals surface area (Å²) in [5, 5.41) is 7.00. The summed E-state index contributed by atoms with van der Waals surface area (Å²) in [5.74, 6) is 0.408. The second-order valence-electron chi connectivity index (χ2n) is 8.66. The Morgan fingerprint density at radius 2 is 1.97 bits per heavy atom. The molecule has 1 unspecified atom stereocenters. The van der Waals surface area contributed by atoms with Crippen LogP contribution in [-0.2, 0) is 4.79 Å². The number of nitrogens with zero attached hydrogens (tertiary/aromatic N) is 3. The summed E-state index contributed by atoms with van der Waals surface area (Å²) < 4.78 is 5.35. The number of rotatable bonds is 4. The van der Waals surface area contributed by atoms with Gasteiger partial charge in [-0.25, -0.2) is 4.98 Å². The number of H-pyrrole nitrogens is 1. The summed E-state index contributed by atoms with van der Waals surface area (Å²) in [6.45, 7) is 1.46. The van der Waals surface area contributed by atoms with Crippen molar-refractivity contribution in [2.45, 2.75) is 50.9 Å². The van der Waals surface area contributed by atoms with Crippen molar-refractivity contribution < 1.29 is 14.1 Å². The maximum atomic E-state index is 12.9. The van der Waals surface area contributed by atoms with Crippen LogP contribution in [0.4, 0.5) is 5.69 Å². The molecule has 2 amide bonds. The van der Waals surface area contributed by atoms with Gasteiger partial charge in [0.05, 0.1) is 23.1 Å². The van der Waals surface area contributed by atoms with Crippen molar-refractivity contribution in [3.05, 3.63) is 42.0 Å². The van der Waals surface area contributed by atoms with Gasteiger partial charge in [0.1, 0.15) is 0 Å². The van der Waals surface area contributed by atoms with E-state index in [4.69, 9.17) is 4.52 Å². The van der Waals surface area contributed by atoms with Gasteiger partial charge in [-0.3, -0.25) is 9.59 Å². The van der Waals surface area contributed by atoms with Gasteiger partial charge in [-0.1, -0.05) is 24.4 Å². The first-order chi connectivity index (χ1) is 15.2. The largest absolute Gasteiger partial charge is 0.351 e. The normalized spacial score (nSPS) is 20.1. The van der Waals surface area contributed by atoms with Crippen LogP contribution >= 0.6 is 0 Å². The van der Waals surface area contributed by atoms with Gasteiger partial charge in [-0.2, -0.15) is 0 Å². The van der Waals surface area contributed by atoms with E-state index in [1.807, 2.05) is 17.0 Å². The number of piperidine rings is 1. The maximum Gasteiger partial charge on any atom is 0.294 e. The second-order valence-corrected chi connectivity index (χ2v) is 8.66. The van der Waals surface area contributed by atoms with Crippen molar-refractivity contribution in [3.8, 4) is 0 Å². The first kappa shape index (κ1) is 19.8. The number of benzene rings is 1. The Morgan fingerprint density at radius 3 is 2.84 bits per heavy atom. The monoisotopic (exact) mass is 421 g/mol. The Labute approximate surface area is 180 Å². The van der Waals surface area contributed by atoms with Crippen molar-refractivity contribution in [2.75, 3.05) is 18.4 Å². The van der Waals surface area contributed by atoms with Crippen molar-refractivity contribution in [1.82, 2.24) is 20.0 Å². The lowest BCUT2D eigenvalue weighted by atomic mass is 9.87. The van der Waals surface area contributed by atoms with E-state index in [1.54, 1.807) is 18.5 Å². The maximum absolute atomic E-state index is 12.9. The van der Waals surface area contributed by atoms with E-state index in [9.17, 15) is 9.59 Å². The predicted octanol–water partition coefficient (Wildman–Crippen LogP) is 4.09. The van der Waals surface area contributed by atoms with E-state index in [0.29, 0.717) is 18.1 Å². The Hall–Kier alpha value is -3.16. The quantitative estimate of drug-likeness (QED) is 0.660. The van der Waals surface area contributed by atoms with Crippen LogP contribution in [-0.4, -0.2) is 44.9 Å². The molecule has 3 aromatic rings. The molecular formula is C23H27N5O3. The van der Waals surface area contributed by atoms with E-state index >= 15 is 0 Å². The summed E-state index contributed by atoms with van der Waals surface area (Å²) in [6, 6.07) is 7.18. The Bertz CT molecular complexity index is 1080. The molecule has 0 bridgehead atoms. The molecule has 2 fully saturated rings. The van der Waals surface area contributed by atoms with E-state index < -0.39 is 0 Å². The molecule has 8 heteroatoms. The lowest BCUT2D eigenvalue weighted by molar-refractivity contribution is -0.137. The van der Waals surface area contributed by atoms with Gasteiger partial charge in [0.2, 0.25) is 11.7 Å². The Balaban J connectivity index is 1.23. The van der Waals surface area contributed by atoms with Crippen LogP contribution in [0.25, 0.3) is 11.0 Å². The van der Waals surface area contributed by atoms with Crippen LogP contribution in [0.2, 0.25) is 0 Å². The molecular weight excluding hydrogens is 394 g/mol. The summed E-state index contributed by atoms with van der Waals surface area (Å²) in [4.78, 5) is 34.8. The fourth-order valence-electron chi connectivity index (χ4n) is 4.82. The molecule has 2 aromatic heterocycles. The molecule has 1 aliphatic heterocycles. The minimum Gasteiger partial charge on any atom is -0.351 e. The van der Waals surface area contributed by atoms with Crippen LogP contribution in [0.1, 0.15) is 67.1 Å². The molecule has 5 rings (SSSR count). The number of anilines is 1. The molecule has 3 heterocycles. The first-order valence-corrected chi connectivity index (χ1v) is 11.2. The molecule has 0 spiro atoms. The summed E-state index contributed by atoms with van der Waals surface area (Å²) in [5.41, 5.74) is 3.09.